The number of nitrogens with one attached hydrogen (secondary N) is 1. The number of hydrogen-bond donors (Lipinski definition) is 1. The molecule has 2 aromatic rings. The summed E-state index contributed by atoms with van der Waals surface area (Å²) in [6, 6.07) is 8.15. The highest BCUT2D eigenvalue weighted by Gasteiger charge is 2.29. The van der Waals surface area contributed by atoms with Crippen LogP contribution in [0.3, 0.4) is 0 Å². The first-order valence-electron chi connectivity index (χ1n) is 9.20. The zero-order valence-corrected chi connectivity index (χ0v) is 14.7. The van der Waals surface area contributed by atoms with Gasteiger partial charge in [0.15, 0.2) is 0 Å². The topological polar surface area (TPSA) is 61.4 Å². The summed E-state index contributed by atoms with van der Waals surface area (Å²) in [5.41, 5.74) is 0.983. The zero-order valence-electron chi connectivity index (χ0n) is 14.7. The molecule has 2 aliphatic heterocycles. The standard InChI is InChI=1S/C19H25N5O/c1-14-21-17-7-3-2-6-16(17)18(22-14)23-9-11-24(12-10-23)19(25)15-5-4-8-20-13-15/h2-3,6-7,15,20H,4-5,8-13H2,1H3. The third-order valence-corrected chi connectivity index (χ3v) is 5.23. The second kappa shape index (κ2) is 6.96. The predicted octanol–water partition coefficient (Wildman–Crippen LogP) is 1.59. The maximum absolute atomic E-state index is 12.7. The molecule has 1 aromatic carbocycles. The summed E-state index contributed by atoms with van der Waals surface area (Å²) in [6.45, 7) is 7.00. The molecule has 1 amide bonds. The lowest BCUT2D eigenvalue weighted by atomic mass is 9.98. The molecule has 1 unspecified atom stereocenters. The predicted molar refractivity (Wildman–Crippen MR) is 98.7 cm³/mol. The molecule has 6 nitrogen and oxygen atoms in total. The first-order valence-corrected chi connectivity index (χ1v) is 9.20. The van der Waals surface area contributed by atoms with Crippen molar-refractivity contribution in [1.82, 2.24) is 20.2 Å². The number of hydrogen-bond acceptors (Lipinski definition) is 5. The summed E-state index contributed by atoms with van der Waals surface area (Å²) in [5, 5.41) is 4.43. The van der Waals surface area contributed by atoms with E-state index in [4.69, 9.17) is 0 Å². The zero-order chi connectivity index (χ0) is 17.2. The Bertz CT molecular complexity index is 763. The highest BCUT2D eigenvalue weighted by molar-refractivity contribution is 5.89. The van der Waals surface area contributed by atoms with E-state index in [1.165, 1.54) is 0 Å². The van der Waals surface area contributed by atoms with Crippen molar-refractivity contribution in [1.29, 1.82) is 0 Å². The number of amides is 1. The Morgan fingerprint density at radius 2 is 1.96 bits per heavy atom. The molecule has 25 heavy (non-hydrogen) atoms. The molecular weight excluding hydrogens is 314 g/mol. The minimum Gasteiger partial charge on any atom is -0.352 e. The van der Waals surface area contributed by atoms with Gasteiger partial charge in [-0.2, -0.15) is 0 Å². The number of anilines is 1. The molecular formula is C19H25N5O. The normalized spacial score (nSPS) is 21.6. The third-order valence-electron chi connectivity index (χ3n) is 5.23. The molecule has 2 fully saturated rings. The third kappa shape index (κ3) is 3.31. The van der Waals surface area contributed by atoms with Gasteiger partial charge in [-0.1, -0.05) is 12.1 Å². The van der Waals surface area contributed by atoms with Gasteiger partial charge < -0.3 is 15.1 Å². The Hall–Kier alpha value is -2.21. The molecule has 1 N–H and O–H groups in total. The number of para-hydroxylation sites is 1. The van der Waals surface area contributed by atoms with Gasteiger partial charge >= 0.3 is 0 Å². The van der Waals surface area contributed by atoms with Crippen LogP contribution in [-0.2, 0) is 4.79 Å². The van der Waals surface area contributed by atoms with Crippen molar-refractivity contribution < 1.29 is 4.79 Å². The number of aryl methyl sites for hydroxylation is 1. The van der Waals surface area contributed by atoms with Gasteiger partial charge in [0.2, 0.25) is 5.91 Å². The summed E-state index contributed by atoms with van der Waals surface area (Å²) in [4.78, 5) is 26.2. The quantitative estimate of drug-likeness (QED) is 0.900. The summed E-state index contributed by atoms with van der Waals surface area (Å²) in [5.74, 6) is 2.26. The number of rotatable bonds is 2. The minimum atomic E-state index is 0.155. The minimum absolute atomic E-state index is 0.155. The van der Waals surface area contributed by atoms with Crippen LogP contribution in [0.4, 0.5) is 5.82 Å². The summed E-state index contributed by atoms with van der Waals surface area (Å²) in [7, 11) is 0. The Labute approximate surface area is 148 Å². The first-order chi connectivity index (χ1) is 12.2. The first kappa shape index (κ1) is 16.3. The van der Waals surface area contributed by atoms with Gasteiger partial charge in [0.25, 0.3) is 0 Å². The Kier molecular flexibility index (Phi) is 4.53. The second-order valence-electron chi connectivity index (χ2n) is 6.97. The number of carbonyl (C=O) groups excluding carboxylic acids is 1. The summed E-state index contributed by atoms with van der Waals surface area (Å²) in [6.07, 6.45) is 2.12. The Morgan fingerprint density at radius 1 is 1.16 bits per heavy atom. The van der Waals surface area contributed by atoms with Crippen LogP contribution in [0, 0.1) is 12.8 Å². The van der Waals surface area contributed by atoms with E-state index < -0.39 is 0 Å². The van der Waals surface area contributed by atoms with Crippen LogP contribution in [0.15, 0.2) is 24.3 Å². The Morgan fingerprint density at radius 3 is 2.72 bits per heavy atom. The average Bonchev–Trinajstić information content (AvgIpc) is 2.67. The molecule has 0 spiro atoms. The molecule has 132 valence electrons. The van der Waals surface area contributed by atoms with E-state index in [1.54, 1.807) is 0 Å². The molecule has 6 heteroatoms. The van der Waals surface area contributed by atoms with Crippen molar-refractivity contribution in [2.24, 2.45) is 5.92 Å². The number of benzene rings is 1. The van der Waals surface area contributed by atoms with Crippen LogP contribution in [0.5, 0.6) is 0 Å². The van der Waals surface area contributed by atoms with Crippen molar-refractivity contribution in [2.45, 2.75) is 19.8 Å². The van der Waals surface area contributed by atoms with E-state index >= 15 is 0 Å². The van der Waals surface area contributed by atoms with Crippen LogP contribution in [-0.4, -0.2) is 60.0 Å². The van der Waals surface area contributed by atoms with E-state index in [1.807, 2.05) is 30.0 Å². The number of carbonyl (C=O) groups is 1. The van der Waals surface area contributed by atoms with Crippen LogP contribution in [0.2, 0.25) is 0 Å². The SMILES string of the molecule is Cc1nc(N2CCN(C(=O)C3CCCNC3)CC2)c2ccccc2n1. The van der Waals surface area contributed by atoms with Crippen molar-refractivity contribution in [3.05, 3.63) is 30.1 Å². The smallest absolute Gasteiger partial charge is 0.227 e. The highest BCUT2D eigenvalue weighted by atomic mass is 16.2. The van der Waals surface area contributed by atoms with Crippen LogP contribution in [0.25, 0.3) is 10.9 Å². The van der Waals surface area contributed by atoms with E-state index in [0.717, 1.165) is 74.7 Å². The number of nitrogens with zero attached hydrogens (tertiary/aromatic N) is 4. The molecule has 4 rings (SSSR count). The molecule has 0 radical (unpaired) electrons. The molecule has 2 aliphatic rings. The Balaban J connectivity index is 1.48. The number of piperidine rings is 1. The lowest BCUT2D eigenvalue weighted by Crippen LogP contribution is -2.52. The molecule has 0 saturated carbocycles. The lowest BCUT2D eigenvalue weighted by Gasteiger charge is -2.38. The molecule has 0 aliphatic carbocycles. The van der Waals surface area contributed by atoms with E-state index in [-0.39, 0.29) is 5.92 Å². The maximum atomic E-state index is 12.7. The van der Waals surface area contributed by atoms with Crippen molar-refractivity contribution in [2.75, 3.05) is 44.2 Å². The van der Waals surface area contributed by atoms with Gasteiger partial charge in [0.1, 0.15) is 11.6 Å². The monoisotopic (exact) mass is 339 g/mol. The summed E-state index contributed by atoms with van der Waals surface area (Å²) >= 11 is 0. The van der Waals surface area contributed by atoms with Gasteiger partial charge in [0, 0.05) is 38.1 Å². The van der Waals surface area contributed by atoms with Gasteiger partial charge in [-0.05, 0) is 38.4 Å². The molecule has 2 saturated heterocycles. The summed E-state index contributed by atoms with van der Waals surface area (Å²) < 4.78 is 0. The molecule has 3 heterocycles. The van der Waals surface area contributed by atoms with Crippen molar-refractivity contribution in [3.8, 4) is 0 Å². The average molecular weight is 339 g/mol. The van der Waals surface area contributed by atoms with Crippen LogP contribution >= 0.6 is 0 Å². The molecule has 1 aromatic heterocycles. The number of aromatic nitrogens is 2. The number of fused-ring (bicyclic) bond motifs is 1. The lowest BCUT2D eigenvalue weighted by molar-refractivity contribution is -0.136. The second-order valence-corrected chi connectivity index (χ2v) is 6.97. The van der Waals surface area contributed by atoms with Crippen LogP contribution in [0.1, 0.15) is 18.7 Å². The fourth-order valence-electron chi connectivity index (χ4n) is 3.87. The van der Waals surface area contributed by atoms with Crippen LogP contribution < -0.4 is 10.2 Å². The highest BCUT2D eigenvalue weighted by Crippen LogP contribution is 2.25. The maximum Gasteiger partial charge on any atom is 0.227 e. The molecule has 0 bridgehead atoms. The van der Waals surface area contributed by atoms with E-state index in [0.29, 0.717) is 5.91 Å². The van der Waals surface area contributed by atoms with Gasteiger partial charge in [-0.3, -0.25) is 4.79 Å². The van der Waals surface area contributed by atoms with Crippen molar-refractivity contribution in [3.63, 3.8) is 0 Å². The van der Waals surface area contributed by atoms with Crippen molar-refractivity contribution >= 4 is 22.6 Å². The van der Waals surface area contributed by atoms with E-state index in [9.17, 15) is 4.79 Å². The largest absolute Gasteiger partial charge is 0.352 e. The fraction of sp³-hybridized carbons (Fsp3) is 0.526. The van der Waals surface area contributed by atoms with E-state index in [2.05, 4.69) is 26.3 Å². The van der Waals surface area contributed by atoms with Gasteiger partial charge in [-0.15, -0.1) is 0 Å². The fourth-order valence-corrected chi connectivity index (χ4v) is 3.87. The number of piperazine rings is 1. The van der Waals surface area contributed by atoms with Gasteiger partial charge in [-0.25, -0.2) is 9.97 Å². The molecule has 1 atom stereocenters. The van der Waals surface area contributed by atoms with Gasteiger partial charge in [0.05, 0.1) is 11.4 Å².